The minimum atomic E-state index is -0.0169. The first-order valence-electron chi connectivity index (χ1n) is 6.18. The molecule has 0 aromatic rings. The van der Waals surface area contributed by atoms with Gasteiger partial charge in [-0.05, 0) is 20.3 Å². The summed E-state index contributed by atoms with van der Waals surface area (Å²) in [6, 6.07) is 0. The van der Waals surface area contributed by atoms with Gasteiger partial charge in [0, 0.05) is 36.2 Å². The van der Waals surface area contributed by atoms with Gasteiger partial charge in [0.15, 0.2) is 0 Å². The fourth-order valence-corrected chi connectivity index (χ4v) is 4.30. The summed E-state index contributed by atoms with van der Waals surface area (Å²) in [7, 11) is 0. The van der Waals surface area contributed by atoms with Gasteiger partial charge in [0.25, 0.3) is 0 Å². The monoisotopic (exact) mass is 244 g/mol. The van der Waals surface area contributed by atoms with Crippen LogP contribution in [0, 0.1) is 0 Å². The van der Waals surface area contributed by atoms with Crippen molar-refractivity contribution in [1.82, 2.24) is 4.90 Å². The Balaban J connectivity index is 2.09. The van der Waals surface area contributed by atoms with E-state index in [1.807, 2.05) is 0 Å². The Labute approximate surface area is 103 Å². The molecule has 16 heavy (non-hydrogen) atoms. The summed E-state index contributed by atoms with van der Waals surface area (Å²) in [5, 5.41) is 0.745. The van der Waals surface area contributed by atoms with E-state index in [-0.39, 0.29) is 11.1 Å². The number of ether oxygens (including phenoxy) is 1. The van der Waals surface area contributed by atoms with Gasteiger partial charge in [-0.15, -0.1) is 0 Å². The first kappa shape index (κ1) is 12.7. The molecule has 2 aliphatic rings. The van der Waals surface area contributed by atoms with Crippen LogP contribution >= 0.6 is 11.8 Å². The summed E-state index contributed by atoms with van der Waals surface area (Å²) in [4.78, 5) is 2.58. The molecular weight excluding hydrogens is 220 g/mol. The maximum Gasteiger partial charge on any atom is 0.0753 e. The van der Waals surface area contributed by atoms with E-state index < -0.39 is 0 Å². The number of morpholine rings is 1. The van der Waals surface area contributed by atoms with Crippen molar-refractivity contribution < 1.29 is 4.74 Å². The van der Waals surface area contributed by atoms with Gasteiger partial charge in [-0.1, -0.05) is 6.92 Å². The van der Waals surface area contributed by atoms with Gasteiger partial charge >= 0.3 is 0 Å². The standard InChI is InChI=1S/C12H24N2OS/c1-10-6-12(7-13,9-16-10)14-4-5-15-11(2,3)8-14/h10H,4-9,13H2,1-3H3. The topological polar surface area (TPSA) is 38.5 Å². The Bertz CT molecular complexity index is 259. The summed E-state index contributed by atoms with van der Waals surface area (Å²) < 4.78 is 5.78. The fraction of sp³-hybridized carbons (Fsp3) is 1.00. The van der Waals surface area contributed by atoms with E-state index in [1.54, 1.807) is 0 Å². The second-order valence-corrected chi connectivity index (χ2v) is 7.21. The molecule has 2 heterocycles. The largest absolute Gasteiger partial charge is 0.373 e. The summed E-state index contributed by atoms with van der Waals surface area (Å²) in [6.45, 7) is 10.3. The lowest BCUT2D eigenvalue weighted by Gasteiger charge is -2.47. The molecule has 2 fully saturated rings. The molecule has 2 N–H and O–H groups in total. The van der Waals surface area contributed by atoms with Gasteiger partial charge in [0.2, 0.25) is 0 Å². The van der Waals surface area contributed by atoms with Gasteiger partial charge in [-0.2, -0.15) is 11.8 Å². The number of nitrogens with two attached hydrogens (primary N) is 1. The van der Waals surface area contributed by atoms with E-state index in [9.17, 15) is 0 Å². The lowest BCUT2D eigenvalue weighted by molar-refractivity contribution is -0.111. The Kier molecular flexibility index (Phi) is 3.55. The molecule has 3 nitrogen and oxygen atoms in total. The lowest BCUT2D eigenvalue weighted by atomic mass is 9.91. The quantitative estimate of drug-likeness (QED) is 0.795. The zero-order chi connectivity index (χ0) is 11.8. The lowest BCUT2D eigenvalue weighted by Crippen LogP contribution is -2.61. The maximum atomic E-state index is 6.05. The van der Waals surface area contributed by atoms with Crippen LogP contribution in [0.2, 0.25) is 0 Å². The third kappa shape index (κ3) is 2.40. The van der Waals surface area contributed by atoms with Crippen LogP contribution in [0.15, 0.2) is 0 Å². The molecule has 0 bridgehead atoms. The molecule has 0 spiro atoms. The van der Waals surface area contributed by atoms with Crippen molar-refractivity contribution in [2.24, 2.45) is 5.73 Å². The maximum absolute atomic E-state index is 6.05. The van der Waals surface area contributed by atoms with Crippen molar-refractivity contribution in [2.75, 3.05) is 32.0 Å². The molecule has 0 radical (unpaired) electrons. The molecule has 0 aliphatic carbocycles. The highest BCUT2D eigenvalue weighted by Gasteiger charge is 2.45. The Hall–Kier alpha value is 0.230. The Morgan fingerprint density at radius 2 is 2.25 bits per heavy atom. The molecule has 0 saturated carbocycles. The van der Waals surface area contributed by atoms with E-state index in [1.165, 1.54) is 12.2 Å². The summed E-state index contributed by atoms with van der Waals surface area (Å²) in [5.41, 5.74) is 6.26. The summed E-state index contributed by atoms with van der Waals surface area (Å²) in [5.74, 6) is 1.18. The summed E-state index contributed by atoms with van der Waals surface area (Å²) >= 11 is 2.06. The highest BCUT2D eigenvalue weighted by Crippen LogP contribution is 2.39. The van der Waals surface area contributed by atoms with Crippen LogP contribution in [-0.4, -0.2) is 53.3 Å². The van der Waals surface area contributed by atoms with Crippen LogP contribution in [0.4, 0.5) is 0 Å². The fourth-order valence-electron chi connectivity index (χ4n) is 2.86. The molecule has 94 valence electrons. The predicted molar refractivity (Wildman–Crippen MR) is 69.9 cm³/mol. The van der Waals surface area contributed by atoms with Gasteiger partial charge in [-0.3, -0.25) is 4.90 Å². The Morgan fingerprint density at radius 3 is 2.75 bits per heavy atom. The van der Waals surface area contributed by atoms with Crippen LogP contribution in [0.3, 0.4) is 0 Å². The number of hydrogen-bond acceptors (Lipinski definition) is 4. The third-order valence-electron chi connectivity index (χ3n) is 3.78. The zero-order valence-electron chi connectivity index (χ0n) is 10.7. The van der Waals surface area contributed by atoms with Crippen molar-refractivity contribution in [3.05, 3.63) is 0 Å². The highest BCUT2D eigenvalue weighted by atomic mass is 32.2. The number of thioether (sulfide) groups is 1. The van der Waals surface area contributed by atoms with Crippen LogP contribution < -0.4 is 5.73 Å². The second kappa shape index (κ2) is 4.48. The van der Waals surface area contributed by atoms with Crippen LogP contribution in [0.5, 0.6) is 0 Å². The highest BCUT2D eigenvalue weighted by molar-refractivity contribution is 8.00. The smallest absolute Gasteiger partial charge is 0.0753 e. The van der Waals surface area contributed by atoms with E-state index in [4.69, 9.17) is 10.5 Å². The average Bonchev–Trinajstić information content (AvgIpc) is 2.60. The summed E-state index contributed by atoms with van der Waals surface area (Å²) in [6.07, 6.45) is 1.23. The van der Waals surface area contributed by atoms with Gasteiger partial charge in [0.05, 0.1) is 12.2 Å². The average molecular weight is 244 g/mol. The second-order valence-electron chi connectivity index (χ2n) is 5.78. The van der Waals surface area contributed by atoms with E-state index in [0.29, 0.717) is 0 Å². The van der Waals surface area contributed by atoms with Crippen LogP contribution in [0.25, 0.3) is 0 Å². The van der Waals surface area contributed by atoms with Crippen LogP contribution in [0.1, 0.15) is 27.2 Å². The third-order valence-corrected chi connectivity index (χ3v) is 5.22. The molecule has 2 atom stereocenters. The molecule has 4 heteroatoms. The zero-order valence-corrected chi connectivity index (χ0v) is 11.5. The van der Waals surface area contributed by atoms with Crippen molar-refractivity contribution in [2.45, 2.75) is 43.6 Å². The van der Waals surface area contributed by atoms with Crippen molar-refractivity contribution in [3.8, 4) is 0 Å². The van der Waals surface area contributed by atoms with Gasteiger partial charge < -0.3 is 10.5 Å². The molecule has 0 aromatic carbocycles. The van der Waals surface area contributed by atoms with Crippen LogP contribution in [-0.2, 0) is 4.74 Å². The predicted octanol–water partition coefficient (Wildman–Crippen LogP) is 1.32. The van der Waals surface area contributed by atoms with E-state index in [2.05, 4.69) is 37.4 Å². The van der Waals surface area contributed by atoms with E-state index >= 15 is 0 Å². The minimum absolute atomic E-state index is 0.0169. The van der Waals surface area contributed by atoms with Crippen molar-refractivity contribution in [1.29, 1.82) is 0 Å². The Morgan fingerprint density at radius 1 is 1.50 bits per heavy atom. The first-order valence-corrected chi connectivity index (χ1v) is 7.23. The van der Waals surface area contributed by atoms with Gasteiger partial charge in [-0.25, -0.2) is 0 Å². The minimum Gasteiger partial charge on any atom is -0.373 e. The molecule has 2 rings (SSSR count). The molecule has 2 saturated heterocycles. The molecule has 0 amide bonds. The molecule has 2 unspecified atom stereocenters. The molecular formula is C12H24N2OS. The normalized spacial score (nSPS) is 40.1. The number of rotatable bonds is 2. The molecule has 0 aromatic heterocycles. The van der Waals surface area contributed by atoms with Gasteiger partial charge in [0.1, 0.15) is 0 Å². The number of hydrogen-bond donors (Lipinski definition) is 1. The SMILES string of the molecule is CC1CC(CN)(N2CCOC(C)(C)C2)CS1. The van der Waals surface area contributed by atoms with E-state index in [0.717, 1.165) is 31.5 Å². The molecule has 2 aliphatic heterocycles. The number of nitrogens with zero attached hydrogens (tertiary/aromatic N) is 1. The van der Waals surface area contributed by atoms with Crippen molar-refractivity contribution in [3.63, 3.8) is 0 Å². The first-order chi connectivity index (χ1) is 7.47. The van der Waals surface area contributed by atoms with Crippen molar-refractivity contribution >= 4 is 11.8 Å².